The molecule has 0 spiro atoms. The van der Waals surface area contributed by atoms with Crippen LogP contribution in [0.3, 0.4) is 0 Å². The monoisotopic (exact) mass is 977 g/mol. The molecule has 19 heteroatoms. The molecule has 4 N–H and O–H groups in total. The number of anilines is 4. The number of ether oxygens (including phenoxy) is 3. The smallest absolute Gasteiger partial charge is 0.297 e. The van der Waals surface area contributed by atoms with Crippen molar-refractivity contribution in [3.63, 3.8) is 0 Å². The number of pyridine rings is 1. The highest BCUT2D eigenvalue weighted by molar-refractivity contribution is 7.91. The number of nitrogens with zero attached hydrogens (tertiary/aromatic N) is 6. The standard InChI is InChI=1S/C50H56ClN9O8S/c1-29-23-59(42-18-31-11-13-53-48(31)55-49(42)68-29)45-38(47(52)61)8-9-40(57-16-14-56(15-17-57)24-32-10-12-50(2,3)22-39(32)30-4-6-33(51)7-5-30)46(45)69(64,65)37-20-41(60(62)63)44-43(21-37)67-27-34(54-44)25-58-26-36-19-35(58)28-66-36/h4-9,11,13,18,20-21,29,34-36,54H,10,12,14-17,19,22-28H2,1-3H3,(H2,52,61)(H,53,55)/t29-,34+,35+,36+/m1/s1. The third-order valence-electron chi connectivity index (χ3n) is 14.8. The first-order valence-corrected chi connectivity index (χ1v) is 25.6. The predicted molar refractivity (Wildman–Crippen MR) is 264 cm³/mol. The summed E-state index contributed by atoms with van der Waals surface area (Å²) < 4.78 is 50.1. The summed E-state index contributed by atoms with van der Waals surface area (Å²) in [5.74, 6) is -0.550. The number of primary amides is 1. The van der Waals surface area contributed by atoms with Crippen molar-refractivity contribution in [3.8, 4) is 11.6 Å². The van der Waals surface area contributed by atoms with E-state index in [1.165, 1.54) is 22.8 Å². The normalized spacial score (nSPS) is 23.6. The van der Waals surface area contributed by atoms with Crippen LogP contribution in [0.1, 0.15) is 62.4 Å². The highest BCUT2D eigenvalue weighted by Gasteiger charge is 2.43. The van der Waals surface area contributed by atoms with E-state index in [0.29, 0.717) is 61.4 Å². The highest BCUT2D eigenvalue weighted by Crippen LogP contribution is 2.50. The van der Waals surface area contributed by atoms with E-state index in [4.69, 9.17) is 36.5 Å². The molecule has 0 radical (unpaired) electrons. The van der Waals surface area contributed by atoms with Crippen molar-refractivity contribution >= 4 is 72.4 Å². The van der Waals surface area contributed by atoms with Crippen molar-refractivity contribution in [1.82, 2.24) is 19.8 Å². The number of morpholine rings is 1. The number of nitro benzene ring substituents is 1. The number of allylic oxidation sites excluding steroid dienone is 1. The van der Waals surface area contributed by atoms with Crippen molar-refractivity contribution in [2.75, 3.05) is 80.7 Å². The molecule has 1 aliphatic carbocycles. The third kappa shape index (κ3) is 8.53. The number of aromatic nitrogens is 2. The van der Waals surface area contributed by atoms with Crippen molar-refractivity contribution in [2.24, 2.45) is 11.1 Å². The molecule has 4 atom stereocenters. The van der Waals surface area contributed by atoms with Gasteiger partial charge in [0.25, 0.3) is 11.6 Å². The average molecular weight is 979 g/mol. The number of sulfone groups is 1. The van der Waals surface area contributed by atoms with Crippen LogP contribution in [0.25, 0.3) is 16.6 Å². The second kappa shape index (κ2) is 17.5. The lowest BCUT2D eigenvalue weighted by Crippen LogP contribution is -2.47. The number of likely N-dealkylation sites (tertiary alicyclic amines) is 1. The first-order chi connectivity index (χ1) is 33.1. The van der Waals surface area contributed by atoms with Gasteiger partial charge in [0.15, 0.2) is 11.4 Å². The minimum Gasteiger partial charge on any atom is -0.489 e. The molecule has 5 aromatic rings. The Morgan fingerprint density at radius 3 is 2.55 bits per heavy atom. The number of rotatable bonds is 11. The number of nitrogens with one attached hydrogen (secondary N) is 2. The maximum atomic E-state index is 15.9. The van der Waals surface area contributed by atoms with Crippen molar-refractivity contribution < 1.29 is 32.3 Å². The van der Waals surface area contributed by atoms with Crippen LogP contribution < -0.4 is 30.3 Å². The summed E-state index contributed by atoms with van der Waals surface area (Å²) in [7, 11) is -4.75. The number of benzene rings is 3. The van der Waals surface area contributed by atoms with E-state index in [-0.39, 0.29) is 75.1 Å². The van der Waals surface area contributed by atoms with Gasteiger partial charge in [0.05, 0.1) is 52.1 Å². The molecular weight excluding hydrogens is 922 g/mol. The van der Waals surface area contributed by atoms with Crippen LogP contribution in [-0.2, 0) is 14.6 Å². The molecule has 11 rings (SSSR count). The Hall–Kier alpha value is -5.92. The molecule has 2 aromatic heterocycles. The lowest BCUT2D eigenvalue weighted by molar-refractivity contribution is -0.384. The summed E-state index contributed by atoms with van der Waals surface area (Å²) in [4.78, 5) is 41.8. The fourth-order valence-corrected chi connectivity index (χ4v) is 13.1. The molecule has 3 aromatic carbocycles. The Balaban J connectivity index is 0.991. The number of carbonyl (C=O) groups excluding carboxylic acids is 1. The van der Waals surface area contributed by atoms with E-state index in [1.54, 1.807) is 23.2 Å². The minimum atomic E-state index is -4.75. The molecule has 17 nitrogen and oxygen atoms in total. The third-order valence-corrected chi connectivity index (χ3v) is 16.8. The van der Waals surface area contributed by atoms with Gasteiger partial charge in [0, 0.05) is 80.6 Å². The minimum absolute atomic E-state index is 0.0405. The second-order valence-electron chi connectivity index (χ2n) is 20.2. The summed E-state index contributed by atoms with van der Waals surface area (Å²) in [5, 5.41) is 17.7. The number of nitro groups is 1. The molecule has 0 saturated carbocycles. The van der Waals surface area contributed by atoms with E-state index in [2.05, 4.69) is 46.1 Å². The van der Waals surface area contributed by atoms with Gasteiger partial charge in [-0.05, 0) is 85.6 Å². The lowest BCUT2D eigenvalue weighted by Gasteiger charge is -2.41. The largest absolute Gasteiger partial charge is 0.489 e. The Morgan fingerprint density at radius 2 is 1.83 bits per heavy atom. The van der Waals surface area contributed by atoms with E-state index < -0.39 is 32.5 Å². The quantitative estimate of drug-likeness (QED) is 0.0873. The lowest BCUT2D eigenvalue weighted by atomic mass is 9.72. The molecule has 2 bridgehead atoms. The number of hydrogen-bond donors (Lipinski definition) is 3. The van der Waals surface area contributed by atoms with Crippen LogP contribution >= 0.6 is 11.6 Å². The van der Waals surface area contributed by atoms with Crippen LogP contribution in [0.15, 0.2) is 82.2 Å². The van der Waals surface area contributed by atoms with Crippen molar-refractivity contribution in [1.29, 1.82) is 0 Å². The summed E-state index contributed by atoms with van der Waals surface area (Å²) >= 11 is 6.30. The van der Waals surface area contributed by atoms with Gasteiger partial charge in [-0.1, -0.05) is 43.2 Å². The first kappa shape index (κ1) is 45.5. The summed E-state index contributed by atoms with van der Waals surface area (Å²) in [6, 6.07) is 17.4. The SMILES string of the molecule is C[C@@H]1CN(c2c(C(N)=O)ccc(N3CCN(CC4=C(c5ccc(Cl)cc5)CC(C)(C)CC4)CC3)c2S(=O)(=O)c2cc3c(c([N+](=O)[O-])c2)N[C@@H](CN2C[C@@H]4C[C@H]2CO4)CO3)c2cc3cc[nH]c3nc2O1. The molecule has 362 valence electrons. The van der Waals surface area contributed by atoms with E-state index >= 15 is 8.42 Å². The van der Waals surface area contributed by atoms with Crippen molar-refractivity contribution in [2.45, 2.75) is 80.5 Å². The van der Waals surface area contributed by atoms with Gasteiger partial charge < -0.3 is 40.0 Å². The van der Waals surface area contributed by atoms with Crippen LogP contribution in [0.2, 0.25) is 5.02 Å². The number of piperazine rings is 1. The van der Waals surface area contributed by atoms with E-state index in [1.807, 2.05) is 36.1 Å². The number of aromatic amines is 1. The van der Waals surface area contributed by atoms with Gasteiger partial charge >= 0.3 is 0 Å². The first-order valence-electron chi connectivity index (χ1n) is 23.7. The Morgan fingerprint density at radius 1 is 1.03 bits per heavy atom. The number of hydrogen-bond acceptors (Lipinski definition) is 14. The summed E-state index contributed by atoms with van der Waals surface area (Å²) in [6.45, 7) is 11.7. The Kier molecular flexibility index (Phi) is 11.5. The van der Waals surface area contributed by atoms with Gasteiger partial charge in [-0.2, -0.15) is 4.98 Å². The number of nitrogens with two attached hydrogens (primary N) is 1. The highest BCUT2D eigenvalue weighted by atomic mass is 35.5. The maximum absolute atomic E-state index is 15.9. The topological polar surface area (TPSA) is 202 Å². The van der Waals surface area contributed by atoms with Crippen LogP contribution in [0.4, 0.5) is 28.4 Å². The van der Waals surface area contributed by atoms with E-state index in [9.17, 15) is 14.9 Å². The predicted octanol–water partition coefficient (Wildman–Crippen LogP) is 7.41. The maximum Gasteiger partial charge on any atom is 0.297 e. The number of halogens is 1. The van der Waals surface area contributed by atoms with E-state index in [0.717, 1.165) is 50.2 Å². The van der Waals surface area contributed by atoms with Crippen LogP contribution in [0.5, 0.6) is 11.6 Å². The number of carbonyl (C=O) groups is 1. The molecule has 5 aliphatic heterocycles. The number of fused-ring (bicyclic) bond motifs is 5. The summed E-state index contributed by atoms with van der Waals surface area (Å²) in [6.07, 6.45) is 5.37. The van der Waals surface area contributed by atoms with Crippen LogP contribution in [0, 0.1) is 15.5 Å². The van der Waals surface area contributed by atoms with Crippen LogP contribution in [-0.4, -0.2) is 129 Å². The molecule has 1 amide bonds. The second-order valence-corrected chi connectivity index (χ2v) is 22.5. The summed E-state index contributed by atoms with van der Waals surface area (Å²) in [5.41, 5.74) is 11.3. The molecule has 6 aliphatic rings. The molecule has 0 unspecified atom stereocenters. The molecule has 69 heavy (non-hydrogen) atoms. The zero-order valence-corrected chi connectivity index (χ0v) is 40.4. The van der Waals surface area contributed by atoms with Gasteiger partial charge in [-0.3, -0.25) is 24.7 Å². The fraction of sp³-hybridized carbons (Fsp3) is 0.440. The number of amides is 1. The molecule has 3 fully saturated rings. The van der Waals surface area contributed by atoms with Gasteiger partial charge in [-0.25, -0.2) is 8.42 Å². The van der Waals surface area contributed by atoms with Gasteiger partial charge in [0.1, 0.15) is 28.9 Å². The zero-order valence-electron chi connectivity index (χ0n) is 38.9. The van der Waals surface area contributed by atoms with Crippen molar-refractivity contribution in [3.05, 3.63) is 98.7 Å². The Bertz CT molecular complexity index is 3030. The van der Waals surface area contributed by atoms with Gasteiger partial charge in [-0.15, -0.1) is 0 Å². The molecular formula is C50H56ClN9O8S. The molecule has 3 saturated heterocycles. The average Bonchev–Trinajstić information content (AvgIpc) is 4.09. The number of H-pyrrole nitrogens is 1. The zero-order chi connectivity index (χ0) is 47.9. The molecule has 7 heterocycles. The van der Waals surface area contributed by atoms with Gasteiger partial charge in [0.2, 0.25) is 15.7 Å². The fourth-order valence-electron chi connectivity index (χ4n) is 11.2. The Labute approximate surface area is 405 Å².